The van der Waals surface area contributed by atoms with E-state index in [9.17, 15) is 13.2 Å². The van der Waals surface area contributed by atoms with Gasteiger partial charge < -0.3 is 10.3 Å². The molecule has 148 valence electrons. The zero-order valence-corrected chi connectivity index (χ0v) is 16.9. The highest BCUT2D eigenvalue weighted by atomic mass is 32.2. The normalized spacial score (nSPS) is 16.4. The minimum atomic E-state index is -3.43. The van der Waals surface area contributed by atoms with Gasteiger partial charge in [-0.3, -0.25) is 4.79 Å². The molecule has 7 nitrogen and oxygen atoms in total. The van der Waals surface area contributed by atoms with Crippen LogP contribution in [0.2, 0.25) is 0 Å². The summed E-state index contributed by atoms with van der Waals surface area (Å²) in [5.41, 5.74) is 1.91. The Morgan fingerprint density at radius 2 is 2.00 bits per heavy atom. The molecule has 2 N–H and O–H groups in total. The van der Waals surface area contributed by atoms with Crippen molar-refractivity contribution >= 4 is 38.3 Å². The zero-order valence-electron chi connectivity index (χ0n) is 15.3. The molecule has 1 amide bonds. The van der Waals surface area contributed by atoms with E-state index >= 15 is 0 Å². The molecule has 3 aromatic rings. The Morgan fingerprint density at radius 1 is 1.21 bits per heavy atom. The van der Waals surface area contributed by atoms with Crippen LogP contribution in [0.1, 0.15) is 18.7 Å². The van der Waals surface area contributed by atoms with E-state index in [0.717, 1.165) is 16.9 Å². The van der Waals surface area contributed by atoms with Crippen molar-refractivity contribution in [3.05, 3.63) is 47.6 Å². The van der Waals surface area contributed by atoms with Gasteiger partial charge in [0, 0.05) is 32.0 Å². The highest BCUT2D eigenvalue weighted by molar-refractivity contribution is 7.91. The molecule has 0 saturated carbocycles. The summed E-state index contributed by atoms with van der Waals surface area (Å²) in [6.07, 6.45) is 1.72. The van der Waals surface area contributed by atoms with E-state index in [0.29, 0.717) is 43.1 Å². The Balaban J connectivity index is 1.26. The lowest BCUT2D eigenvalue weighted by atomic mass is 9.97. The van der Waals surface area contributed by atoms with Crippen molar-refractivity contribution in [2.24, 2.45) is 5.92 Å². The van der Waals surface area contributed by atoms with Crippen molar-refractivity contribution in [1.29, 1.82) is 0 Å². The minimum Gasteiger partial charge on any atom is -0.355 e. The molecule has 1 aliphatic heterocycles. The van der Waals surface area contributed by atoms with E-state index in [4.69, 9.17) is 0 Å². The van der Waals surface area contributed by atoms with Crippen LogP contribution in [0.5, 0.6) is 0 Å². The number of rotatable bonds is 6. The highest BCUT2D eigenvalue weighted by Gasteiger charge is 2.32. The Morgan fingerprint density at radius 3 is 2.71 bits per heavy atom. The maximum absolute atomic E-state index is 12.6. The number of sulfonamides is 1. The average molecular weight is 419 g/mol. The Kier molecular flexibility index (Phi) is 5.47. The summed E-state index contributed by atoms with van der Waals surface area (Å²) >= 11 is 1.22. The van der Waals surface area contributed by atoms with Gasteiger partial charge in [0.05, 0.1) is 11.0 Å². The molecular weight excluding hydrogens is 396 g/mol. The second-order valence-electron chi connectivity index (χ2n) is 6.85. The van der Waals surface area contributed by atoms with Crippen LogP contribution in [0.15, 0.2) is 46.0 Å². The second-order valence-corrected chi connectivity index (χ2v) is 9.96. The average Bonchev–Trinajstić information content (AvgIpc) is 3.38. The van der Waals surface area contributed by atoms with Gasteiger partial charge >= 0.3 is 0 Å². The first kappa shape index (κ1) is 19.1. The molecule has 0 atom stereocenters. The number of benzene rings is 1. The van der Waals surface area contributed by atoms with Crippen LogP contribution in [0.4, 0.5) is 0 Å². The maximum Gasteiger partial charge on any atom is 0.252 e. The molecule has 0 spiro atoms. The number of nitrogens with one attached hydrogen (secondary N) is 2. The molecule has 9 heteroatoms. The largest absolute Gasteiger partial charge is 0.355 e. The fourth-order valence-corrected chi connectivity index (χ4v) is 6.08. The zero-order chi connectivity index (χ0) is 19.6. The fourth-order valence-electron chi connectivity index (χ4n) is 3.47. The van der Waals surface area contributed by atoms with Gasteiger partial charge in [-0.15, -0.1) is 11.3 Å². The monoisotopic (exact) mass is 418 g/mol. The molecule has 0 radical (unpaired) electrons. The van der Waals surface area contributed by atoms with Crippen molar-refractivity contribution in [3.63, 3.8) is 0 Å². The van der Waals surface area contributed by atoms with Gasteiger partial charge in [-0.1, -0.05) is 18.2 Å². The first-order chi connectivity index (χ1) is 13.5. The molecule has 28 heavy (non-hydrogen) atoms. The third kappa shape index (κ3) is 3.96. The number of aromatic amines is 1. The molecule has 4 rings (SSSR count). The van der Waals surface area contributed by atoms with E-state index in [-0.39, 0.29) is 11.8 Å². The van der Waals surface area contributed by atoms with E-state index in [1.807, 2.05) is 24.3 Å². The Hall–Kier alpha value is -2.23. The first-order valence-corrected chi connectivity index (χ1v) is 11.6. The third-order valence-corrected chi connectivity index (χ3v) is 8.29. The predicted octanol–water partition coefficient (Wildman–Crippen LogP) is 2.38. The van der Waals surface area contributed by atoms with Gasteiger partial charge in [-0.2, -0.15) is 4.31 Å². The lowest BCUT2D eigenvalue weighted by molar-refractivity contribution is -0.126. The number of hydrogen-bond donors (Lipinski definition) is 2. The quantitative estimate of drug-likeness (QED) is 0.643. The van der Waals surface area contributed by atoms with E-state index in [1.54, 1.807) is 17.5 Å². The number of hydrogen-bond acceptors (Lipinski definition) is 5. The molecule has 0 unspecified atom stereocenters. The van der Waals surface area contributed by atoms with Gasteiger partial charge in [0.2, 0.25) is 5.91 Å². The van der Waals surface area contributed by atoms with Crippen LogP contribution in [-0.4, -0.2) is 48.2 Å². The fraction of sp³-hybridized carbons (Fsp3) is 0.368. The van der Waals surface area contributed by atoms with Gasteiger partial charge in [0.15, 0.2) is 0 Å². The van der Waals surface area contributed by atoms with E-state index < -0.39 is 10.0 Å². The molecule has 0 aliphatic carbocycles. The van der Waals surface area contributed by atoms with Crippen LogP contribution in [0.3, 0.4) is 0 Å². The molecule has 1 fully saturated rings. The number of fused-ring (bicyclic) bond motifs is 1. The number of piperidine rings is 1. The Bertz CT molecular complexity index is 1020. The third-order valence-electron chi connectivity index (χ3n) is 5.01. The number of imidazole rings is 1. The van der Waals surface area contributed by atoms with Gasteiger partial charge in [0.1, 0.15) is 10.0 Å². The number of carbonyl (C=O) groups is 1. The summed E-state index contributed by atoms with van der Waals surface area (Å²) in [5.74, 6) is 0.688. The van der Waals surface area contributed by atoms with Crippen LogP contribution in [-0.2, 0) is 21.2 Å². The topological polar surface area (TPSA) is 95.2 Å². The van der Waals surface area contributed by atoms with Gasteiger partial charge in [0.25, 0.3) is 10.0 Å². The van der Waals surface area contributed by atoms with Crippen molar-refractivity contribution in [2.45, 2.75) is 23.5 Å². The number of thiophene rings is 1. The standard InChI is InChI=1S/C19H22N4O3S2/c24-19(20-10-7-17-21-15-4-1-2-5-16(15)22-17)14-8-11-23(12-9-14)28(25,26)18-6-3-13-27-18/h1-6,13-14H,7-12H2,(H,20,24)(H,21,22). The summed E-state index contributed by atoms with van der Waals surface area (Å²) in [4.78, 5) is 20.2. The summed E-state index contributed by atoms with van der Waals surface area (Å²) in [6, 6.07) is 11.2. The Labute approximate surface area is 167 Å². The predicted molar refractivity (Wildman–Crippen MR) is 109 cm³/mol. The first-order valence-electron chi connectivity index (χ1n) is 9.29. The van der Waals surface area contributed by atoms with E-state index in [1.165, 1.54) is 15.6 Å². The summed E-state index contributed by atoms with van der Waals surface area (Å²) in [7, 11) is -3.43. The lowest BCUT2D eigenvalue weighted by Gasteiger charge is -2.30. The minimum absolute atomic E-state index is 0.00992. The van der Waals surface area contributed by atoms with Crippen LogP contribution < -0.4 is 5.32 Å². The second kappa shape index (κ2) is 8.02. The highest BCUT2D eigenvalue weighted by Crippen LogP contribution is 2.26. The van der Waals surface area contributed by atoms with Gasteiger partial charge in [-0.05, 0) is 36.4 Å². The van der Waals surface area contributed by atoms with Crippen LogP contribution in [0, 0.1) is 5.92 Å². The van der Waals surface area contributed by atoms with Crippen LogP contribution >= 0.6 is 11.3 Å². The summed E-state index contributed by atoms with van der Waals surface area (Å²) < 4.78 is 27.0. The SMILES string of the molecule is O=C(NCCc1nc2ccccc2[nH]1)C1CCN(S(=O)(=O)c2cccs2)CC1. The summed E-state index contributed by atoms with van der Waals surface area (Å²) in [6.45, 7) is 1.26. The summed E-state index contributed by atoms with van der Waals surface area (Å²) in [5, 5.41) is 4.72. The molecule has 3 heterocycles. The number of amides is 1. The number of aromatic nitrogens is 2. The van der Waals surface area contributed by atoms with E-state index in [2.05, 4.69) is 15.3 Å². The van der Waals surface area contributed by atoms with Crippen molar-refractivity contribution in [2.75, 3.05) is 19.6 Å². The number of para-hydroxylation sites is 2. The molecule has 1 saturated heterocycles. The molecule has 0 bridgehead atoms. The number of nitrogens with zero attached hydrogens (tertiary/aromatic N) is 2. The molecule has 2 aromatic heterocycles. The van der Waals surface area contributed by atoms with Crippen molar-refractivity contribution in [1.82, 2.24) is 19.6 Å². The van der Waals surface area contributed by atoms with Crippen molar-refractivity contribution in [3.8, 4) is 0 Å². The molecular formula is C19H22N4O3S2. The van der Waals surface area contributed by atoms with Crippen LogP contribution in [0.25, 0.3) is 11.0 Å². The maximum atomic E-state index is 12.6. The molecule has 1 aliphatic rings. The van der Waals surface area contributed by atoms with Crippen molar-refractivity contribution < 1.29 is 13.2 Å². The number of carbonyl (C=O) groups excluding carboxylic acids is 1. The van der Waals surface area contributed by atoms with Gasteiger partial charge in [-0.25, -0.2) is 13.4 Å². The molecule has 1 aromatic carbocycles. The smallest absolute Gasteiger partial charge is 0.252 e. The number of H-pyrrole nitrogens is 1. The lowest BCUT2D eigenvalue weighted by Crippen LogP contribution is -2.43.